The first-order chi connectivity index (χ1) is 15.2. The first kappa shape index (κ1) is 20.8. The van der Waals surface area contributed by atoms with Crippen LogP contribution >= 0.6 is 0 Å². The van der Waals surface area contributed by atoms with E-state index in [9.17, 15) is 18.3 Å². The maximum atomic E-state index is 13.9. The third-order valence-corrected chi connectivity index (χ3v) is 7.71. The number of benzene rings is 3. The minimum atomic E-state index is -4.38. The molecule has 32 heavy (non-hydrogen) atoms. The lowest BCUT2D eigenvalue weighted by molar-refractivity contribution is -0.244. The van der Waals surface area contributed by atoms with E-state index in [1.54, 1.807) is 66.7 Å². The standard InChI is InChI=1S/C24H21NO6S/c1-16-12-14-19(15-13-16)32(28,29)25-23(30-17(2)26)20-10-6-7-11-21(20)24(25,27)31-22(23)18-8-4-3-5-9-18/h3-15,22,27H,1-2H3/t22?,23-,24+/m1/s1. The van der Waals surface area contributed by atoms with Crippen LogP contribution in [0.15, 0.2) is 83.8 Å². The largest absolute Gasteiger partial charge is 0.435 e. The Morgan fingerprint density at radius 3 is 2.19 bits per heavy atom. The molecule has 164 valence electrons. The predicted molar refractivity (Wildman–Crippen MR) is 114 cm³/mol. The molecule has 0 aliphatic carbocycles. The third kappa shape index (κ3) is 2.70. The summed E-state index contributed by atoms with van der Waals surface area (Å²) in [5, 5.41) is 11.7. The molecule has 1 saturated heterocycles. The minimum absolute atomic E-state index is 0.0526. The molecule has 0 amide bonds. The molecule has 7 nitrogen and oxygen atoms in total. The van der Waals surface area contributed by atoms with Crippen LogP contribution in [-0.2, 0) is 35.9 Å². The number of fused-ring (bicyclic) bond motifs is 5. The van der Waals surface area contributed by atoms with Crippen LogP contribution in [0.1, 0.15) is 35.3 Å². The van der Waals surface area contributed by atoms with Crippen molar-refractivity contribution in [2.45, 2.75) is 36.5 Å². The van der Waals surface area contributed by atoms with Crippen molar-refractivity contribution in [1.82, 2.24) is 4.31 Å². The lowest BCUT2D eigenvalue weighted by Gasteiger charge is -2.36. The van der Waals surface area contributed by atoms with E-state index in [2.05, 4.69) is 0 Å². The monoisotopic (exact) mass is 451 g/mol. The van der Waals surface area contributed by atoms with Crippen molar-refractivity contribution in [2.75, 3.05) is 0 Å². The number of aryl methyl sites for hydroxylation is 1. The van der Waals surface area contributed by atoms with Crippen LogP contribution in [0.3, 0.4) is 0 Å². The smallest absolute Gasteiger partial charge is 0.304 e. The van der Waals surface area contributed by atoms with Gasteiger partial charge in [0.05, 0.1) is 4.90 Å². The quantitative estimate of drug-likeness (QED) is 0.612. The van der Waals surface area contributed by atoms with E-state index in [1.165, 1.54) is 19.1 Å². The van der Waals surface area contributed by atoms with Crippen LogP contribution in [0.5, 0.6) is 0 Å². The Morgan fingerprint density at radius 1 is 0.969 bits per heavy atom. The molecule has 2 heterocycles. The van der Waals surface area contributed by atoms with Crippen molar-refractivity contribution in [1.29, 1.82) is 0 Å². The minimum Gasteiger partial charge on any atom is -0.435 e. The summed E-state index contributed by atoms with van der Waals surface area (Å²) >= 11 is 0. The fourth-order valence-electron chi connectivity index (χ4n) is 4.57. The fourth-order valence-corrected chi connectivity index (χ4v) is 6.32. The van der Waals surface area contributed by atoms with Gasteiger partial charge in [-0.3, -0.25) is 4.79 Å². The second-order valence-corrected chi connectivity index (χ2v) is 9.72. The molecule has 3 atom stereocenters. The number of nitrogens with zero attached hydrogens (tertiary/aromatic N) is 1. The maximum absolute atomic E-state index is 13.9. The van der Waals surface area contributed by atoms with Gasteiger partial charge in [0.2, 0.25) is 5.72 Å². The molecule has 5 rings (SSSR count). The van der Waals surface area contributed by atoms with Crippen molar-refractivity contribution < 1.29 is 27.8 Å². The van der Waals surface area contributed by atoms with E-state index >= 15 is 0 Å². The fraction of sp³-hybridized carbons (Fsp3) is 0.208. The van der Waals surface area contributed by atoms with E-state index in [4.69, 9.17) is 9.47 Å². The van der Waals surface area contributed by atoms with Crippen LogP contribution < -0.4 is 0 Å². The van der Waals surface area contributed by atoms with Gasteiger partial charge in [0.15, 0.2) is 0 Å². The third-order valence-electron chi connectivity index (χ3n) is 5.84. The molecule has 0 aromatic heterocycles. The second kappa shape index (κ2) is 6.98. The highest BCUT2D eigenvalue weighted by atomic mass is 32.2. The van der Waals surface area contributed by atoms with E-state index in [0.29, 0.717) is 11.1 Å². The molecule has 2 bridgehead atoms. The van der Waals surface area contributed by atoms with Crippen molar-refractivity contribution >= 4 is 16.0 Å². The van der Waals surface area contributed by atoms with Gasteiger partial charge in [-0.25, -0.2) is 8.42 Å². The van der Waals surface area contributed by atoms with Gasteiger partial charge >= 0.3 is 5.97 Å². The molecule has 1 fully saturated rings. The second-order valence-electron chi connectivity index (χ2n) is 7.93. The topological polar surface area (TPSA) is 93.1 Å². The zero-order valence-electron chi connectivity index (χ0n) is 17.4. The highest BCUT2D eigenvalue weighted by Gasteiger charge is 2.76. The van der Waals surface area contributed by atoms with Crippen LogP contribution in [-0.4, -0.2) is 23.8 Å². The number of hydrogen-bond acceptors (Lipinski definition) is 6. The van der Waals surface area contributed by atoms with Gasteiger partial charge in [-0.05, 0) is 24.6 Å². The average molecular weight is 452 g/mol. The summed E-state index contributed by atoms with van der Waals surface area (Å²) in [6.07, 6.45) is -1.09. The highest BCUT2D eigenvalue weighted by molar-refractivity contribution is 7.89. The Balaban J connectivity index is 1.82. The number of ether oxygens (including phenoxy) is 2. The molecule has 1 N–H and O–H groups in total. The Morgan fingerprint density at radius 2 is 1.56 bits per heavy atom. The maximum Gasteiger partial charge on any atom is 0.304 e. The first-order valence-corrected chi connectivity index (χ1v) is 11.5. The molecular weight excluding hydrogens is 430 g/mol. The van der Waals surface area contributed by atoms with Gasteiger partial charge in [-0.15, -0.1) is 0 Å². The van der Waals surface area contributed by atoms with Crippen molar-refractivity contribution in [3.8, 4) is 0 Å². The summed E-state index contributed by atoms with van der Waals surface area (Å²) in [5.41, 5.74) is 0.0757. The van der Waals surface area contributed by atoms with Crippen molar-refractivity contribution in [2.24, 2.45) is 0 Å². The van der Waals surface area contributed by atoms with E-state index in [-0.39, 0.29) is 10.5 Å². The van der Waals surface area contributed by atoms with Crippen LogP contribution in [0.4, 0.5) is 0 Å². The molecule has 1 unspecified atom stereocenters. The predicted octanol–water partition coefficient (Wildman–Crippen LogP) is 3.29. The van der Waals surface area contributed by atoms with Gasteiger partial charge in [-0.1, -0.05) is 76.6 Å². The summed E-state index contributed by atoms with van der Waals surface area (Å²) < 4.78 is 40.5. The summed E-state index contributed by atoms with van der Waals surface area (Å²) in [4.78, 5) is 12.3. The normalized spacial score (nSPS) is 26.7. The Kier molecular flexibility index (Phi) is 4.55. The van der Waals surface area contributed by atoms with Crippen LogP contribution in [0.25, 0.3) is 0 Å². The molecule has 0 spiro atoms. The summed E-state index contributed by atoms with van der Waals surface area (Å²) in [5.74, 6) is -3.07. The van der Waals surface area contributed by atoms with E-state index in [0.717, 1.165) is 9.87 Å². The molecule has 0 radical (unpaired) electrons. The van der Waals surface area contributed by atoms with Gasteiger partial charge in [-0.2, -0.15) is 0 Å². The van der Waals surface area contributed by atoms with Gasteiger partial charge in [0, 0.05) is 18.1 Å². The van der Waals surface area contributed by atoms with Crippen molar-refractivity contribution in [3.63, 3.8) is 0 Å². The number of carbonyl (C=O) groups excluding carboxylic acids is 1. The Hall–Kier alpha value is -3.04. The molecule has 2 aliphatic rings. The van der Waals surface area contributed by atoms with Gasteiger partial charge in [0.1, 0.15) is 6.10 Å². The molecule has 8 heteroatoms. The number of sulfonamides is 1. The SMILES string of the molecule is CC(=O)O[C@]12c3ccccc3[C@](O)(OC1c1ccccc1)N2S(=O)(=O)c1ccc(C)cc1. The number of carbonyl (C=O) groups is 1. The molecular formula is C24H21NO6S. The number of hydrogen-bond donors (Lipinski definition) is 1. The average Bonchev–Trinajstić information content (AvgIpc) is 3.16. The number of esters is 1. The summed E-state index contributed by atoms with van der Waals surface area (Å²) in [6, 6.07) is 21.6. The first-order valence-electron chi connectivity index (χ1n) is 10.1. The van der Waals surface area contributed by atoms with E-state index in [1.807, 2.05) is 6.92 Å². The highest BCUT2D eigenvalue weighted by Crippen LogP contribution is 2.65. The molecule has 2 aliphatic heterocycles. The Bertz CT molecular complexity index is 1310. The molecule has 0 saturated carbocycles. The van der Waals surface area contributed by atoms with Crippen LogP contribution in [0, 0.1) is 6.92 Å². The Labute approximate surface area is 185 Å². The lowest BCUT2D eigenvalue weighted by atomic mass is 9.90. The zero-order chi connectivity index (χ0) is 22.7. The van der Waals surface area contributed by atoms with Crippen LogP contribution in [0.2, 0.25) is 0 Å². The molecule has 3 aromatic rings. The lowest BCUT2D eigenvalue weighted by Crippen LogP contribution is -2.51. The van der Waals surface area contributed by atoms with E-state index < -0.39 is 33.7 Å². The molecule has 3 aromatic carbocycles. The van der Waals surface area contributed by atoms with Gasteiger partial charge in [0.25, 0.3) is 15.9 Å². The van der Waals surface area contributed by atoms with Crippen molar-refractivity contribution in [3.05, 3.63) is 101 Å². The van der Waals surface area contributed by atoms with Gasteiger partial charge < -0.3 is 14.6 Å². The number of aliphatic hydroxyl groups is 1. The number of rotatable bonds is 4. The summed E-state index contributed by atoms with van der Waals surface area (Å²) in [6.45, 7) is 3.04. The summed E-state index contributed by atoms with van der Waals surface area (Å²) in [7, 11) is -4.38. The zero-order valence-corrected chi connectivity index (χ0v) is 18.2.